The molecule has 0 aromatic carbocycles. The zero-order valence-corrected chi connectivity index (χ0v) is 13.8. The summed E-state index contributed by atoms with van der Waals surface area (Å²) in [5.41, 5.74) is 0. The van der Waals surface area contributed by atoms with Gasteiger partial charge < -0.3 is 20.4 Å². The minimum Gasteiger partial charge on any atom is -0.465 e. The Labute approximate surface area is 133 Å². The van der Waals surface area contributed by atoms with Crippen molar-refractivity contribution < 1.29 is 25.2 Å². The lowest BCUT2D eigenvalue weighted by Gasteiger charge is -2.27. The fourth-order valence-electron chi connectivity index (χ4n) is 2.41. The molecular formula is C16H33NO5. The molecule has 0 heterocycles. The average molecular weight is 319 g/mol. The number of carbonyl (C=O) groups is 1. The van der Waals surface area contributed by atoms with Gasteiger partial charge in [-0.3, -0.25) is 4.90 Å². The monoisotopic (exact) mass is 319 g/mol. The van der Waals surface area contributed by atoms with Gasteiger partial charge in [-0.1, -0.05) is 64.7 Å². The molecule has 0 rings (SSSR count). The molecule has 2 unspecified atom stereocenters. The number of carboxylic acid groups (broad SMARTS) is 1. The van der Waals surface area contributed by atoms with E-state index in [9.17, 15) is 15.0 Å². The predicted molar refractivity (Wildman–Crippen MR) is 85.7 cm³/mol. The molecule has 0 radical (unpaired) electrons. The molecule has 6 nitrogen and oxygen atoms in total. The average Bonchev–Trinajstić information content (AvgIpc) is 2.51. The van der Waals surface area contributed by atoms with E-state index in [4.69, 9.17) is 10.2 Å². The van der Waals surface area contributed by atoms with Crippen LogP contribution in [-0.4, -0.2) is 56.9 Å². The van der Waals surface area contributed by atoms with Crippen LogP contribution in [0.3, 0.4) is 0 Å². The van der Waals surface area contributed by atoms with Gasteiger partial charge in [0.2, 0.25) is 0 Å². The summed E-state index contributed by atoms with van der Waals surface area (Å²) in [6, 6.07) is 0. The third-order valence-corrected chi connectivity index (χ3v) is 3.85. The zero-order chi connectivity index (χ0) is 16.8. The maximum Gasteiger partial charge on any atom is 0.409 e. The van der Waals surface area contributed by atoms with Gasteiger partial charge in [-0.15, -0.1) is 0 Å². The van der Waals surface area contributed by atoms with Crippen molar-refractivity contribution in [1.82, 2.24) is 4.90 Å². The van der Waals surface area contributed by atoms with Gasteiger partial charge in [0.25, 0.3) is 0 Å². The molecule has 22 heavy (non-hydrogen) atoms. The highest BCUT2D eigenvalue weighted by atomic mass is 16.4. The molecular weight excluding hydrogens is 286 g/mol. The number of rotatable bonds is 14. The van der Waals surface area contributed by atoms with Crippen molar-refractivity contribution in [1.29, 1.82) is 0 Å². The molecule has 0 bridgehead atoms. The van der Waals surface area contributed by atoms with Gasteiger partial charge in [0.05, 0.1) is 6.61 Å². The summed E-state index contributed by atoms with van der Waals surface area (Å²) in [6.45, 7) is 1.71. The Morgan fingerprint density at radius 3 is 1.77 bits per heavy atom. The van der Waals surface area contributed by atoms with Gasteiger partial charge in [-0.25, -0.2) is 4.79 Å². The summed E-state index contributed by atoms with van der Waals surface area (Å²) in [5, 5.41) is 36.7. The quantitative estimate of drug-likeness (QED) is 0.291. The van der Waals surface area contributed by atoms with Crippen molar-refractivity contribution in [3.63, 3.8) is 0 Å². The van der Waals surface area contributed by atoms with Crippen LogP contribution in [-0.2, 0) is 0 Å². The molecule has 6 heteroatoms. The molecule has 0 spiro atoms. The highest BCUT2D eigenvalue weighted by Crippen LogP contribution is 2.12. The van der Waals surface area contributed by atoms with E-state index in [1.54, 1.807) is 0 Å². The van der Waals surface area contributed by atoms with Crippen molar-refractivity contribution in [2.45, 2.75) is 83.5 Å². The second-order valence-corrected chi connectivity index (χ2v) is 5.82. The maximum absolute atomic E-state index is 11.0. The molecule has 0 saturated carbocycles. The number of amides is 1. The summed E-state index contributed by atoms with van der Waals surface area (Å²) >= 11 is 0. The smallest absolute Gasteiger partial charge is 0.409 e. The van der Waals surface area contributed by atoms with Gasteiger partial charge in [0, 0.05) is 6.54 Å². The molecule has 0 saturated heterocycles. The SMILES string of the molecule is CCCCCCCCCCCCN(C(=O)O)C(O)C(O)CO. The van der Waals surface area contributed by atoms with Crippen molar-refractivity contribution in [3.05, 3.63) is 0 Å². The van der Waals surface area contributed by atoms with E-state index < -0.39 is 25.0 Å². The Bertz CT molecular complexity index is 275. The first-order valence-corrected chi connectivity index (χ1v) is 8.51. The first-order chi connectivity index (χ1) is 10.5. The van der Waals surface area contributed by atoms with Crippen molar-refractivity contribution in [2.24, 2.45) is 0 Å². The van der Waals surface area contributed by atoms with Gasteiger partial charge in [-0.2, -0.15) is 0 Å². The first-order valence-electron chi connectivity index (χ1n) is 8.51. The minimum absolute atomic E-state index is 0.171. The van der Waals surface area contributed by atoms with Crippen LogP contribution >= 0.6 is 0 Å². The summed E-state index contributed by atoms with van der Waals surface area (Å²) in [7, 11) is 0. The minimum atomic E-state index is -1.57. The maximum atomic E-state index is 11.0. The van der Waals surface area contributed by atoms with E-state index in [2.05, 4.69) is 6.92 Å². The summed E-state index contributed by atoms with van der Waals surface area (Å²) < 4.78 is 0. The van der Waals surface area contributed by atoms with Crippen LogP contribution in [0.15, 0.2) is 0 Å². The van der Waals surface area contributed by atoms with Crippen LogP contribution in [0.5, 0.6) is 0 Å². The zero-order valence-electron chi connectivity index (χ0n) is 13.8. The third kappa shape index (κ3) is 9.97. The summed E-state index contributed by atoms with van der Waals surface area (Å²) in [4.78, 5) is 11.8. The fourth-order valence-corrected chi connectivity index (χ4v) is 2.41. The van der Waals surface area contributed by atoms with Crippen LogP contribution in [0.25, 0.3) is 0 Å². The second kappa shape index (κ2) is 13.8. The number of nitrogens with zero attached hydrogens (tertiary/aromatic N) is 1. The Hall–Kier alpha value is -0.850. The molecule has 0 aromatic rings. The number of hydrogen-bond acceptors (Lipinski definition) is 4. The topological polar surface area (TPSA) is 101 Å². The highest BCUT2D eigenvalue weighted by Gasteiger charge is 2.26. The number of aliphatic hydroxyl groups is 3. The Morgan fingerprint density at radius 1 is 0.909 bits per heavy atom. The van der Waals surface area contributed by atoms with Crippen molar-refractivity contribution in [3.8, 4) is 0 Å². The van der Waals surface area contributed by atoms with E-state index in [0.717, 1.165) is 24.2 Å². The Balaban J connectivity index is 3.67. The van der Waals surface area contributed by atoms with Crippen LogP contribution in [0.2, 0.25) is 0 Å². The molecule has 0 fully saturated rings. The standard InChI is InChI=1S/C16H33NO5/c1-2-3-4-5-6-7-8-9-10-11-12-17(16(21)22)15(20)14(19)13-18/h14-15,18-20H,2-13H2,1H3,(H,21,22). The number of aliphatic hydroxyl groups excluding tert-OH is 3. The predicted octanol–water partition coefficient (Wildman–Crippen LogP) is 2.56. The van der Waals surface area contributed by atoms with Crippen LogP contribution < -0.4 is 0 Å². The Kier molecular flexibility index (Phi) is 13.3. The molecule has 0 aromatic heterocycles. The molecule has 0 aliphatic carbocycles. The van der Waals surface area contributed by atoms with Crippen molar-refractivity contribution >= 4 is 6.09 Å². The highest BCUT2D eigenvalue weighted by molar-refractivity contribution is 5.65. The molecule has 4 N–H and O–H groups in total. The lowest BCUT2D eigenvalue weighted by atomic mass is 10.1. The molecule has 0 aliphatic rings. The number of hydrogen-bond donors (Lipinski definition) is 4. The summed E-state index contributed by atoms with van der Waals surface area (Å²) in [5.74, 6) is 0. The molecule has 132 valence electrons. The second-order valence-electron chi connectivity index (χ2n) is 5.82. The van der Waals surface area contributed by atoms with Gasteiger partial charge >= 0.3 is 6.09 Å². The van der Waals surface area contributed by atoms with E-state index in [1.807, 2.05) is 0 Å². The normalized spacial score (nSPS) is 13.8. The van der Waals surface area contributed by atoms with Gasteiger partial charge in [0.1, 0.15) is 6.10 Å². The number of unbranched alkanes of at least 4 members (excludes halogenated alkanes) is 9. The van der Waals surface area contributed by atoms with Crippen LogP contribution in [0.1, 0.15) is 71.1 Å². The molecule has 2 atom stereocenters. The lowest BCUT2D eigenvalue weighted by Crippen LogP contribution is -2.48. The van der Waals surface area contributed by atoms with E-state index >= 15 is 0 Å². The lowest BCUT2D eigenvalue weighted by molar-refractivity contribution is -0.0880. The molecule has 0 aliphatic heterocycles. The molecule has 1 amide bonds. The van der Waals surface area contributed by atoms with Crippen LogP contribution in [0.4, 0.5) is 4.79 Å². The fraction of sp³-hybridized carbons (Fsp3) is 0.938. The van der Waals surface area contributed by atoms with Crippen LogP contribution in [0, 0.1) is 0 Å². The largest absolute Gasteiger partial charge is 0.465 e. The van der Waals surface area contributed by atoms with Gasteiger partial charge in [-0.05, 0) is 6.42 Å². The Morgan fingerprint density at radius 2 is 1.36 bits per heavy atom. The van der Waals surface area contributed by atoms with E-state index in [0.29, 0.717) is 6.42 Å². The third-order valence-electron chi connectivity index (χ3n) is 3.85. The van der Waals surface area contributed by atoms with E-state index in [-0.39, 0.29) is 6.54 Å². The van der Waals surface area contributed by atoms with Crippen molar-refractivity contribution in [2.75, 3.05) is 13.2 Å². The van der Waals surface area contributed by atoms with Gasteiger partial charge in [0.15, 0.2) is 6.23 Å². The first kappa shape index (κ1) is 21.1. The summed E-state index contributed by atoms with van der Waals surface area (Å²) in [6.07, 6.45) is 7.13. The van der Waals surface area contributed by atoms with E-state index in [1.165, 1.54) is 38.5 Å².